The Labute approximate surface area is 209 Å². The van der Waals surface area contributed by atoms with Crippen molar-refractivity contribution in [2.45, 2.75) is 25.1 Å². The fourth-order valence-corrected chi connectivity index (χ4v) is 3.37. The number of benzene rings is 1. The van der Waals surface area contributed by atoms with Crippen LogP contribution < -0.4 is 10.2 Å². The molecule has 0 bridgehead atoms. The van der Waals surface area contributed by atoms with Gasteiger partial charge in [0, 0.05) is 39.3 Å². The summed E-state index contributed by atoms with van der Waals surface area (Å²) in [4.78, 5) is 47.0. The van der Waals surface area contributed by atoms with Gasteiger partial charge < -0.3 is 20.2 Å². The summed E-state index contributed by atoms with van der Waals surface area (Å²) < 4.78 is 39.3. The number of aromatic nitrogens is 2. The SMILES string of the molecule is CN(N=O)C(=O)NC1CC1.O=C(O)c1ccc(N2CCN(C(=O)c3ccccc3C(F)(F)F)CC2)nn1. The molecular formula is C22H24F3N7O5. The van der Waals surface area contributed by atoms with Crippen molar-refractivity contribution in [3.8, 4) is 0 Å². The molecule has 1 aliphatic carbocycles. The number of carbonyl (C=O) groups is 3. The lowest BCUT2D eigenvalue weighted by atomic mass is 10.1. The van der Waals surface area contributed by atoms with Gasteiger partial charge in [0.1, 0.15) is 0 Å². The predicted molar refractivity (Wildman–Crippen MR) is 124 cm³/mol. The van der Waals surface area contributed by atoms with Crippen LogP contribution in [0.3, 0.4) is 0 Å². The van der Waals surface area contributed by atoms with E-state index in [0.717, 1.165) is 23.9 Å². The van der Waals surface area contributed by atoms with Gasteiger partial charge in [0.25, 0.3) is 5.91 Å². The van der Waals surface area contributed by atoms with E-state index in [-0.39, 0.29) is 30.4 Å². The topological polar surface area (TPSA) is 148 Å². The Morgan fingerprint density at radius 2 is 1.70 bits per heavy atom. The van der Waals surface area contributed by atoms with E-state index in [1.54, 1.807) is 4.90 Å². The maximum atomic E-state index is 13.1. The zero-order valence-corrected chi connectivity index (χ0v) is 19.7. The maximum absolute atomic E-state index is 13.1. The summed E-state index contributed by atoms with van der Waals surface area (Å²) in [5, 5.41) is 22.1. The van der Waals surface area contributed by atoms with Crippen LogP contribution >= 0.6 is 0 Å². The number of nitrogens with one attached hydrogen (secondary N) is 1. The van der Waals surface area contributed by atoms with E-state index in [1.807, 2.05) is 0 Å². The van der Waals surface area contributed by atoms with Gasteiger partial charge in [-0.2, -0.15) is 18.2 Å². The summed E-state index contributed by atoms with van der Waals surface area (Å²) in [6, 6.07) is 7.40. The summed E-state index contributed by atoms with van der Waals surface area (Å²) in [6.07, 6.45) is -2.58. The van der Waals surface area contributed by atoms with Gasteiger partial charge in [0.15, 0.2) is 11.5 Å². The highest BCUT2D eigenvalue weighted by atomic mass is 19.4. The van der Waals surface area contributed by atoms with Crippen molar-refractivity contribution in [1.82, 2.24) is 25.4 Å². The Bertz CT molecular complexity index is 1130. The van der Waals surface area contributed by atoms with Gasteiger partial charge in [-0.05, 0) is 37.1 Å². The molecular weight excluding hydrogens is 499 g/mol. The van der Waals surface area contributed by atoms with E-state index in [9.17, 15) is 32.5 Å². The van der Waals surface area contributed by atoms with Crippen LogP contribution in [-0.2, 0) is 6.18 Å². The third-order valence-corrected chi connectivity index (χ3v) is 5.54. The van der Waals surface area contributed by atoms with Gasteiger partial charge in [-0.25, -0.2) is 9.59 Å². The van der Waals surface area contributed by atoms with Crippen LogP contribution in [0.1, 0.15) is 39.3 Å². The van der Waals surface area contributed by atoms with Crippen molar-refractivity contribution in [3.05, 3.63) is 58.1 Å². The second kappa shape index (κ2) is 11.6. The minimum absolute atomic E-state index is 0.184. The van der Waals surface area contributed by atoms with E-state index < -0.39 is 29.6 Å². The second-order valence-corrected chi connectivity index (χ2v) is 8.23. The van der Waals surface area contributed by atoms with Gasteiger partial charge >= 0.3 is 18.2 Å². The highest BCUT2D eigenvalue weighted by molar-refractivity contribution is 5.96. The van der Waals surface area contributed by atoms with Crippen molar-refractivity contribution in [2.75, 3.05) is 38.1 Å². The fraction of sp³-hybridized carbons (Fsp3) is 0.409. The van der Waals surface area contributed by atoms with Gasteiger partial charge in [0.2, 0.25) is 0 Å². The summed E-state index contributed by atoms with van der Waals surface area (Å²) in [7, 11) is 1.32. The molecule has 37 heavy (non-hydrogen) atoms. The van der Waals surface area contributed by atoms with E-state index in [0.29, 0.717) is 18.9 Å². The Morgan fingerprint density at radius 1 is 1.05 bits per heavy atom. The minimum Gasteiger partial charge on any atom is -0.476 e. The number of hydrogen-bond donors (Lipinski definition) is 2. The highest BCUT2D eigenvalue weighted by Crippen LogP contribution is 2.32. The minimum atomic E-state index is -4.60. The average molecular weight is 523 g/mol. The normalized spacial score (nSPS) is 15.2. The van der Waals surface area contributed by atoms with E-state index >= 15 is 0 Å². The van der Waals surface area contributed by atoms with Crippen molar-refractivity contribution in [3.63, 3.8) is 0 Å². The number of nitrogens with zero attached hydrogens (tertiary/aromatic N) is 6. The molecule has 2 aromatic rings. The summed E-state index contributed by atoms with van der Waals surface area (Å²) >= 11 is 0. The van der Waals surface area contributed by atoms with Crippen LogP contribution in [0.2, 0.25) is 0 Å². The molecule has 0 atom stereocenters. The number of carboxylic acid groups (broad SMARTS) is 1. The number of aromatic carboxylic acids is 1. The molecule has 1 aromatic carbocycles. The third kappa shape index (κ3) is 7.35. The lowest BCUT2D eigenvalue weighted by Gasteiger charge is -2.35. The number of carboxylic acids is 1. The summed E-state index contributed by atoms with van der Waals surface area (Å²) in [5.74, 6) is -1.41. The molecule has 3 amide bonds. The number of alkyl halides is 3. The molecule has 2 fully saturated rings. The number of anilines is 1. The first-order chi connectivity index (χ1) is 17.5. The molecule has 12 nitrogen and oxygen atoms in total. The summed E-state index contributed by atoms with van der Waals surface area (Å²) in [6.45, 7) is 1.13. The first-order valence-electron chi connectivity index (χ1n) is 11.2. The number of amides is 3. The summed E-state index contributed by atoms with van der Waals surface area (Å²) in [5.41, 5.74) is -1.51. The number of piperazine rings is 1. The van der Waals surface area contributed by atoms with Crippen molar-refractivity contribution in [1.29, 1.82) is 0 Å². The number of nitroso groups, excluding NO2 is 1. The van der Waals surface area contributed by atoms with Crippen LogP contribution in [0.4, 0.5) is 23.8 Å². The van der Waals surface area contributed by atoms with E-state index in [1.165, 1.54) is 42.3 Å². The maximum Gasteiger partial charge on any atom is 0.417 e. The molecule has 15 heteroatoms. The zero-order valence-electron chi connectivity index (χ0n) is 19.7. The first kappa shape index (κ1) is 27.3. The Kier molecular flexibility index (Phi) is 8.57. The Balaban J connectivity index is 0.000000319. The van der Waals surface area contributed by atoms with Crippen molar-refractivity contribution >= 4 is 23.7 Å². The smallest absolute Gasteiger partial charge is 0.417 e. The average Bonchev–Trinajstić information content (AvgIpc) is 3.72. The molecule has 198 valence electrons. The molecule has 0 radical (unpaired) electrons. The first-order valence-corrected chi connectivity index (χ1v) is 11.2. The molecule has 0 unspecified atom stereocenters. The molecule has 2 heterocycles. The molecule has 0 spiro atoms. The number of rotatable bonds is 5. The number of halogens is 3. The zero-order chi connectivity index (χ0) is 27.2. The molecule has 1 saturated carbocycles. The Morgan fingerprint density at radius 3 is 2.22 bits per heavy atom. The van der Waals surface area contributed by atoms with E-state index in [2.05, 4.69) is 20.8 Å². The highest BCUT2D eigenvalue weighted by Gasteiger charge is 2.36. The standard InChI is InChI=1S/C17H15F3N4O3.C5H9N3O2/c18-17(19,20)12-4-2-1-3-11(12)15(25)24-9-7-23(8-10-24)14-6-5-13(16(26)27)21-22-14;1-8(7-10)5(9)6-4-2-3-4/h1-6H,7-10H2,(H,26,27);4H,2-3H2,1H3,(H,6,9). The van der Waals surface area contributed by atoms with Gasteiger partial charge in [-0.15, -0.1) is 15.1 Å². The quantitative estimate of drug-likeness (QED) is 0.449. The third-order valence-electron chi connectivity index (χ3n) is 5.54. The molecule has 1 saturated heterocycles. The number of urea groups is 1. The van der Waals surface area contributed by atoms with Gasteiger partial charge in [-0.1, -0.05) is 12.1 Å². The second-order valence-electron chi connectivity index (χ2n) is 8.23. The van der Waals surface area contributed by atoms with E-state index in [4.69, 9.17) is 5.11 Å². The van der Waals surface area contributed by atoms with Crippen LogP contribution in [0, 0.1) is 4.91 Å². The monoisotopic (exact) mass is 523 g/mol. The molecule has 2 N–H and O–H groups in total. The molecule has 1 aliphatic heterocycles. The van der Waals surface area contributed by atoms with Crippen molar-refractivity contribution in [2.24, 2.45) is 5.29 Å². The van der Waals surface area contributed by atoms with Crippen LogP contribution in [0.15, 0.2) is 41.7 Å². The van der Waals surface area contributed by atoms with Gasteiger partial charge in [-0.3, -0.25) is 4.79 Å². The van der Waals surface area contributed by atoms with Crippen LogP contribution in [-0.4, -0.2) is 82.4 Å². The molecule has 4 rings (SSSR count). The van der Waals surface area contributed by atoms with Crippen LogP contribution in [0.25, 0.3) is 0 Å². The molecule has 1 aromatic heterocycles. The fourth-order valence-electron chi connectivity index (χ4n) is 3.37. The van der Waals surface area contributed by atoms with Crippen LogP contribution in [0.5, 0.6) is 0 Å². The largest absolute Gasteiger partial charge is 0.476 e. The Hall–Kier alpha value is -4.30. The lowest BCUT2D eigenvalue weighted by Crippen LogP contribution is -2.49. The predicted octanol–water partition coefficient (Wildman–Crippen LogP) is 2.63. The molecule has 2 aliphatic rings. The number of hydrogen-bond acceptors (Lipinski definition) is 8. The number of carbonyl (C=O) groups excluding carboxylic acids is 2. The van der Waals surface area contributed by atoms with Gasteiger partial charge in [0.05, 0.1) is 16.4 Å². The lowest BCUT2D eigenvalue weighted by molar-refractivity contribution is -0.138. The van der Waals surface area contributed by atoms with Crippen molar-refractivity contribution < 1.29 is 32.7 Å².